The van der Waals surface area contributed by atoms with E-state index in [9.17, 15) is 13.2 Å². The number of rotatable bonds is 3. The third kappa shape index (κ3) is 3.15. The lowest BCUT2D eigenvalue weighted by Crippen LogP contribution is -2.30. The first-order valence-electron chi connectivity index (χ1n) is 7.12. The van der Waals surface area contributed by atoms with Gasteiger partial charge in [-0.2, -0.15) is 0 Å². The van der Waals surface area contributed by atoms with E-state index >= 15 is 0 Å². The van der Waals surface area contributed by atoms with Gasteiger partial charge in [0, 0.05) is 18.5 Å². The molecular formula is C15H18N2O4S. The summed E-state index contributed by atoms with van der Waals surface area (Å²) in [6.45, 7) is 2.90. The van der Waals surface area contributed by atoms with Crippen LogP contribution in [0.4, 0.5) is 0 Å². The predicted octanol–water partition coefficient (Wildman–Crippen LogP) is 1.49. The van der Waals surface area contributed by atoms with E-state index in [1.807, 2.05) is 25.1 Å². The highest BCUT2D eigenvalue weighted by atomic mass is 32.2. The second-order valence-electron chi connectivity index (χ2n) is 5.89. The van der Waals surface area contributed by atoms with Crippen molar-refractivity contribution in [2.24, 2.45) is 11.1 Å². The Bertz CT molecular complexity index is 825. The molecule has 7 heteroatoms. The average Bonchev–Trinajstić information content (AvgIpc) is 3.02. The van der Waals surface area contributed by atoms with Crippen molar-refractivity contribution in [3.8, 4) is 0 Å². The molecule has 22 heavy (non-hydrogen) atoms. The molecule has 2 aromatic rings. The van der Waals surface area contributed by atoms with Gasteiger partial charge in [0.2, 0.25) is 10.0 Å². The smallest absolute Gasteiger partial charge is 0.289 e. The number of hydrogen-bond donors (Lipinski definition) is 1. The van der Waals surface area contributed by atoms with Gasteiger partial charge in [-0.1, -0.05) is 11.6 Å². The molecule has 1 fully saturated rings. The third-order valence-corrected chi connectivity index (χ3v) is 4.86. The monoisotopic (exact) mass is 322 g/mol. The number of fused-ring (bicyclic) bond motifs is 1. The lowest BCUT2D eigenvalue weighted by Gasteiger charge is -2.14. The molecule has 0 spiro atoms. The summed E-state index contributed by atoms with van der Waals surface area (Å²) in [6, 6.07) is 7.47. The van der Waals surface area contributed by atoms with Crippen LogP contribution in [0.5, 0.6) is 0 Å². The van der Waals surface area contributed by atoms with Gasteiger partial charge < -0.3 is 9.32 Å². The first-order chi connectivity index (χ1) is 10.3. The number of carbonyl (C=O) groups is 1. The van der Waals surface area contributed by atoms with Gasteiger partial charge in [0.05, 0.1) is 5.75 Å². The van der Waals surface area contributed by atoms with Gasteiger partial charge >= 0.3 is 0 Å². The molecule has 1 aliphatic heterocycles. The summed E-state index contributed by atoms with van der Waals surface area (Å²) >= 11 is 0. The fourth-order valence-electron chi connectivity index (χ4n) is 2.91. The Hall–Kier alpha value is -1.86. The highest BCUT2D eigenvalue weighted by Crippen LogP contribution is 2.24. The molecule has 6 nitrogen and oxygen atoms in total. The van der Waals surface area contributed by atoms with Crippen LogP contribution in [0.25, 0.3) is 11.0 Å². The number of primary sulfonamides is 1. The largest absolute Gasteiger partial charge is 0.451 e. The molecule has 1 aromatic carbocycles. The minimum atomic E-state index is -3.51. The number of likely N-dealkylation sites (tertiary alicyclic amines) is 1. The Kier molecular flexibility index (Phi) is 3.70. The van der Waals surface area contributed by atoms with Gasteiger partial charge in [-0.15, -0.1) is 0 Å². The van der Waals surface area contributed by atoms with E-state index < -0.39 is 10.0 Å². The molecule has 0 aliphatic carbocycles. The van der Waals surface area contributed by atoms with Crippen molar-refractivity contribution in [2.45, 2.75) is 13.3 Å². The molecule has 1 aliphatic rings. The second-order valence-corrected chi connectivity index (χ2v) is 7.55. The standard InChI is InChI=1S/C15H18N2O4S/c1-10-2-3-13-12(6-10)7-14(21-13)15(18)17-5-4-11(8-17)9-22(16,19)20/h2-3,6-7,11H,4-5,8-9H2,1H3,(H2,16,19,20)/t11-/m1/s1. The first-order valence-corrected chi connectivity index (χ1v) is 8.83. The van der Waals surface area contributed by atoms with Crippen molar-refractivity contribution in [3.05, 3.63) is 35.6 Å². The van der Waals surface area contributed by atoms with Crippen LogP contribution in [0.15, 0.2) is 28.7 Å². The molecule has 1 atom stereocenters. The first kappa shape index (κ1) is 15.1. The Labute approximate surface area is 128 Å². The topological polar surface area (TPSA) is 93.6 Å². The van der Waals surface area contributed by atoms with Crippen molar-refractivity contribution >= 4 is 26.9 Å². The fraction of sp³-hybridized carbons (Fsp3) is 0.400. The Balaban J connectivity index is 1.76. The van der Waals surface area contributed by atoms with Crippen molar-refractivity contribution in [1.82, 2.24) is 4.90 Å². The normalized spacial score (nSPS) is 19.0. The number of amides is 1. The molecule has 0 radical (unpaired) electrons. The number of furan rings is 1. The zero-order valence-corrected chi connectivity index (χ0v) is 13.1. The van der Waals surface area contributed by atoms with E-state index in [2.05, 4.69) is 0 Å². The van der Waals surface area contributed by atoms with E-state index in [0.29, 0.717) is 25.1 Å². The Morgan fingerprint density at radius 2 is 2.18 bits per heavy atom. The van der Waals surface area contributed by atoms with Crippen LogP contribution in [-0.2, 0) is 10.0 Å². The van der Waals surface area contributed by atoms with Gasteiger partial charge in [0.1, 0.15) is 5.58 Å². The van der Waals surface area contributed by atoms with Gasteiger partial charge in [-0.3, -0.25) is 4.79 Å². The minimum absolute atomic E-state index is 0.0872. The molecule has 118 valence electrons. The molecule has 1 amide bonds. The number of hydrogen-bond acceptors (Lipinski definition) is 4. The third-order valence-electron chi connectivity index (χ3n) is 3.92. The van der Waals surface area contributed by atoms with E-state index in [0.717, 1.165) is 10.9 Å². The van der Waals surface area contributed by atoms with E-state index in [4.69, 9.17) is 9.56 Å². The maximum absolute atomic E-state index is 12.5. The average molecular weight is 322 g/mol. The van der Waals surface area contributed by atoms with Crippen molar-refractivity contribution < 1.29 is 17.6 Å². The summed E-state index contributed by atoms with van der Waals surface area (Å²) in [5.74, 6) is -0.107. The molecule has 1 aromatic heterocycles. The molecule has 2 heterocycles. The summed E-state index contributed by atoms with van der Waals surface area (Å²) < 4.78 is 27.9. The van der Waals surface area contributed by atoms with E-state index in [1.165, 1.54) is 0 Å². The van der Waals surface area contributed by atoms with Crippen LogP contribution in [0.1, 0.15) is 22.5 Å². The van der Waals surface area contributed by atoms with Crippen LogP contribution < -0.4 is 5.14 Å². The van der Waals surface area contributed by atoms with Crippen molar-refractivity contribution in [2.75, 3.05) is 18.8 Å². The molecule has 1 saturated heterocycles. The molecule has 0 bridgehead atoms. The van der Waals surface area contributed by atoms with Gasteiger partial charge in [-0.25, -0.2) is 13.6 Å². The minimum Gasteiger partial charge on any atom is -0.451 e. The summed E-state index contributed by atoms with van der Waals surface area (Å²) in [5, 5.41) is 5.96. The van der Waals surface area contributed by atoms with Crippen molar-refractivity contribution in [3.63, 3.8) is 0 Å². The summed E-state index contributed by atoms with van der Waals surface area (Å²) in [7, 11) is -3.51. The highest BCUT2D eigenvalue weighted by Gasteiger charge is 2.30. The zero-order valence-electron chi connectivity index (χ0n) is 12.3. The van der Waals surface area contributed by atoms with Crippen molar-refractivity contribution in [1.29, 1.82) is 0 Å². The molecule has 0 saturated carbocycles. The van der Waals surface area contributed by atoms with Crippen LogP contribution in [0.3, 0.4) is 0 Å². The lowest BCUT2D eigenvalue weighted by atomic mass is 10.2. The predicted molar refractivity (Wildman–Crippen MR) is 82.9 cm³/mol. The number of nitrogens with two attached hydrogens (primary N) is 1. The number of sulfonamides is 1. The molecular weight excluding hydrogens is 304 g/mol. The number of nitrogens with zero attached hydrogens (tertiary/aromatic N) is 1. The fourth-order valence-corrected chi connectivity index (χ4v) is 3.83. The van der Waals surface area contributed by atoms with E-state index in [-0.39, 0.29) is 23.3 Å². The molecule has 0 unspecified atom stereocenters. The van der Waals surface area contributed by atoms with Crippen LogP contribution in [0, 0.1) is 12.8 Å². The van der Waals surface area contributed by atoms with E-state index in [1.54, 1.807) is 11.0 Å². The summed E-state index contributed by atoms with van der Waals surface area (Å²) in [6.07, 6.45) is 0.640. The number of carbonyl (C=O) groups excluding carboxylic acids is 1. The quantitative estimate of drug-likeness (QED) is 0.926. The number of aryl methyl sites for hydroxylation is 1. The SMILES string of the molecule is Cc1ccc2oc(C(=O)N3CC[C@@H](CS(N)(=O)=O)C3)cc2c1. The zero-order chi connectivity index (χ0) is 15.9. The second kappa shape index (κ2) is 5.40. The summed E-state index contributed by atoms with van der Waals surface area (Å²) in [4.78, 5) is 14.1. The maximum Gasteiger partial charge on any atom is 0.289 e. The highest BCUT2D eigenvalue weighted by molar-refractivity contribution is 7.89. The lowest BCUT2D eigenvalue weighted by molar-refractivity contribution is 0.0759. The number of benzene rings is 1. The van der Waals surface area contributed by atoms with Crippen LogP contribution in [-0.4, -0.2) is 38.1 Å². The van der Waals surface area contributed by atoms with Gasteiger partial charge in [0.15, 0.2) is 5.76 Å². The maximum atomic E-state index is 12.5. The summed E-state index contributed by atoms with van der Waals surface area (Å²) in [5.41, 5.74) is 1.77. The Morgan fingerprint density at radius 3 is 2.91 bits per heavy atom. The van der Waals surface area contributed by atoms with Gasteiger partial charge in [0.25, 0.3) is 5.91 Å². The molecule has 3 rings (SSSR count). The van der Waals surface area contributed by atoms with Crippen LogP contribution in [0.2, 0.25) is 0 Å². The van der Waals surface area contributed by atoms with Gasteiger partial charge in [-0.05, 0) is 37.5 Å². The van der Waals surface area contributed by atoms with Crippen LogP contribution >= 0.6 is 0 Å². The molecule has 2 N–H and O–H groups in total. The Morgan fingerprint density at radius 1 is 1.41 bits per heavy atom.